The average Bonchev–Trinajstić information content (AvgIpc) is 2.48. The Kier molecular flexibility index (Phi) is 3.90. The van der Waals surface area contributed by atoms with Gasteiger partial charge in [-0.3, -0.25) is 0 Å². The molecule has 0 saturated heterocycles. The quantitative estimate of drug-likeness (QED) is 0.758. The summed E-state index contributed by atoms with van der Waals surface area (Å²) >= 11 is 0. The van der Waals surface area contributed by atoms with Crippen LogP contribution in [0.3, 0.4) is 0 Å². The molecule has 2 unspecified atom stereocenters. The van der Waals surface area contributed by atoms with Crippen LogP contribution in [0, 0.1) is 23.2 Å². The highest BCUT2D eigenvalue weighted by molar-refractivity contribution is 7.89. The maximum absolute atomic E-state index is 11.2. The lowest BCUT2D eigenvalue weighted by atomic mass is 9.99. The number of nitriles is 1. The van der Waals surface area contributed by atoms with Gasteiger partial charge < -0.3 is 0 Å². The molecule has 0 bridgehead atoms. The Morgan fingerprint density at radius 3 is 2.71 bits per heavy atom. The lowest BCUT2D eigenvalue weighted by molar-refractivity contribution is 0.414. The van der Waals surface area contributed by atoms with Crippen LogP contribution in [-0.4, -0.2) is 20.7 Å². The molecule has 0 spiro atoms. The molecule has 14 heavy (non-hydrogen) atoms. The van der Waals surface area contributed by atoms with Gasteiger partial charge in [-0.15, -0.1) is 0 Å². The Morgan fingerprint density at radius 2 is 2.21 bits per heavy atom. The molecule has 0 amide bonds. The van der Waals surface area contributed by atoms with Crippen LogP contribution < -0.4 is 4.72 Å². The van der Waals surface area contributed by atoms with Crippen LogP contribution in [0.25, 0.3) is 0 Å². The van der Waals surface area contributed by atoms with E-state index in [1.54, 1.807) is 6.07 Å². The van der Waals surface area contributed by atoms with E-state index in [-0.39, 0.29) is 0 Å². The molecule has 4 nitrogen and oxygen atoms in total. The Hall–Kier alpha value is -0.600. The van der Waals surface area contributed by atoms with E-state index in [4.69, 9.17) is 5.26 Å². The summed E-state index contributed by atoms with van der Waals surface area (Å²) in [7, 11) is -3.35. The van der Waals surface area contributed by atoms with Crippen molar-refractivity contribution in [2.45, 2.75) is 26.2 Å². The van der Waals surface area contributed by atoms with E-state index in [1.807, 2.05) is 0 Å². The van der Waals surface area contributed by atoms with Crippen molar-refractivity contribution in [1.82, 2.24) is 4.72 Å². The zero-order valence-corrected chi connectivity index (χ0v) is 9.18. The lowest BCUT2D eigenvalue weighted by Gasteiger charge is -2.14. The summed E-state index contributed by atoms with van der Waals surface area (Å²) in [5, 5.41) is 8.28. The van der Waals surface area contributed by atoms with Crippen molar-refractivity contribution >= 4 is 10.0 Å². The Morgan fingerprint density at radius 1 is 1.50 bits per heavy atom. The lowest BCUT2D eigenvalue weighted by Crippen LogP contribution is -2.31. The van der Waals surface area contributed by atoms with Crippen molar-refractivity contribution in [3.05, 3.63) is 0 Å². The van der Waals surface area contributed by atoms with Gasteiger partial charge in [-0.2, -0.15) is 5.26 Å². The van der Waals surface area contributed by atoms with E-state index in [1.165, 1.54) is 12.8 Å². The Balaban J connectivity index is 2.37. The predicted octanol–water partition coefficient (Wildman–Crippen LogP) is 0.866. The summed E-state index contributed by atoms with van der Waals surface area (Å²) in [6.45, 7) is 2.64. The molecule has 1 N–H and O–H groups in total. The molecule has 0 aromatic heterocycles. The van der Waals surface area contributed by atoms with E-state index in [0.717, 1.165) is 6.42 Å². The standard InChI is InChI=1S/C9H16N2O2S/c1-8-3-2-4-9(8)7-11-14(12,13)6-5-10/h8-9,11H,2-4,6-7H2,1H3. The molecule has 1 rings (SSSR count). The third kappa shape index (κ3) is 3.28. The van der Waals surface area contributed by atoms with Gasteiger partial charge in [-0.1, -0.05) is 19.8 Å². The van der Waals surface area contributed by atoms with E-state index in [2.05, 4.69) is 11.6 Å². The topological polar surface area (TPSA) is 70.0 Å². The number of nitrogens with one attached hydrogen (secondary N) is 1. The highest BCUT2D eigenvalue weighted by atomic mass is 32.2. The van der Waals surface area contributed by atoms with Crippen LogP contribution in [0.15, 0.2) is 0 Å². The average molecular weight is 216 g/mol. The first-order chi connectivity index (χ1) is 6.55. The molecule has 1 saturated carbocycles. The molecule has 80 valence electrons. The molecular weight excluding hydrogens is 200 g/mol. The Bertz CT molecular complexity index is 318. The smallest absolute Gasteiger partial charge is 0.214 e. The summed E-state index contributed by atoms with van der Waals surface area (Å²) in [6.07, 6.45) is 3.46. The maximum atomic E-state index is 11.2. The number of nitrogens with zero attached hydrogens (tertiary/aromatic N) is 1. The fraction of sp³-hybridized carbons (Fsp3) is 0.889. The maximum Gasteiger partial charge on any atom is 0.225 e. The minimum absolute atomic E-state index is 0.436. The fourth-order valence-electron chi connectivity index (χ4n) is 1.90. The highest BCUT2D eigenvalue weighted by Gasteiger charge is 2.24. The van der Waals surface area contributed by atoms with Gasteiger partial charge in [0.25, 0.3) is 0 Å². The molecule has 0 aliphatic heterocycles. The van der Waals surface area contributed by atoms with E-state index in [9.17, 15) is 8.42 Å². The summed E-state index contributed by atoms with van der Waals surface area (Å²) in [5.74, 6) is 0.608. The molecule has 0 aromatic rings. The summed E-state index contributed by atoms with van der Waals surface area (Å²) in [5.41, 5.74) is 0. The van der Waals surface area contributed by atoms with Crippen molar-refractivity contribution < 1.29 is 8.42 Å². The van der Waals surface area contributed by atoms with Gasteiger partial charge >= 0.3 is 0 Å². The molecule has 1 fully saturated rings. The van der Waals surface area contributed by atoms with E-state index in [0.29, 0.717) is 18.4 Å². The van der Waals surface area contributed by atoms with Crippen LogP contribution in [0.2, 0.25) is 0 Å². The van der Waals surface area contributed by atoms with Gasteiger partial charge in [0.15, 0.2) is 5.75 Å². The third-order valence-corrected chi connectivity index (χ3v) is 3.97. The number of sulfonamides is 1. The summed E-state index contributed by atoms with van der Waals surface area (Å²) < 4.78 is 24.8. The molecule has 5 heteroatoms. The monoisotopic (exact) mass is 216 g/mol. The third-order valence-electron chi connectivity index (χ3n) is 2.86. The minimum atomic E-state index is -3.35. The predicted molar refractivity (Wildman–Crippen MR) is 53.9 cm³/mol. The number of hydrogen-bond donors (Lipinski definition) is 1. The zero-order valence-electron chi connectivity index (χ0n) is 8.36. The SMILES string of the molecule is CC1CCCC1CNS(=O)(=O)CC#N. The van der Waals surface area contributed by atoms with Gasteiger partial charge in [-0.05, 0) is 18.3 Å². The fourth-order valence-corrected chi connectivity index (χ4v) is 2.64. The van der Waals surface area contributed by atoms with E-state index < -0.39 is 15.8 Å². The molecule has 1 aliphatic rings. The summed E-state index contributed by atoms with van der Waals surface area (Å²) in [6, 6.07) is 1.64. The van der Waals surface area contributed by atoms with Crippen molar-refractivity contribution in [3.63, 3.8) is 0 Å². The zero-order chi connectivity index (χ0) is 10.6. The molecule has 2 atom stereocenters. The molecule has 0 radical (unpaired) electrons. The largest absolute Gasteiger partial charge is 0.225 e. The molecule has 0 aromatic carbocycles. The van der Waals surface area contributed by atoms with Crippen molar-refractivity contribution in [1.29, 1.82) is 5.26 Å². The first-order valence-corrected chi connectivity index (χ1v) is 6.54. The molecule has 0 heterocycles. The van der Waals surface area contributed by atoms with E-state index >= 15 is 0 Å². The normalized spacial score (nSPS) is 27.4. The second kappa shape index (κ2) is 4.76. The second-order valence-electron chi connectivity index (χ2n) is 3.93. The van der Waals surface area contributed by atoms with Crippen LogP contribution in [0.1, 0.15) is 26.2 Å². The van der Waals surface area contributed by atoms with Gasteiger partial charge in [0.1, 0.15) is 0 Å². The van der Waals surface area contributed by atoms with Crippen LogP contribution in [0.5, 0.6) is 0 Å². The first-order valence-electron chi connectivity index (χ1n) is 4.89. The minimum Gasteiger partial charge on any atom is -0.214 e. The first kappa shape index (κ1) is 11.5. The number of rotatable bonds is 4. The van der Waals surface area contributed by atoms with Crippen molar-refractivity contribution in [3.8, 4) is 6.07 Å². The van der Waals surface area contributed by atoms with Gasteiger partial charge in [0.2, 0.25) is 10.0 Å². The van der Waals surface area contributed by atoms with Crippen LogP contribution >= 0.6 is 0 Å². The van der Waals surface area contributed by atoms with Crippen LogP contribution in [-0.2, 0) is 10.0 Å². The number of hydrogen-bond acceptors (Lipinski definition) is 3. The van der Waals surface area contributed by atoms with Gasteiger partial charge in [0, 0.05) is 6.54 Å². The highest BCUT2D eigenvalue weighted by Crippen LogP contribution is 2.30. The van der Waals surface area contributed by atoms with Gasteiger partial charge in [0.05, 0.1) is 6.07 Å². The summed E-state index contributed by atoms with van der Waals surface area (Å²) in [4.78, 5) is 0. The van der Waals surface area contributed by atoms with Crippen molar-refractivity contribution in [2.24, 2.45) is 11.8 Å². The molecule has 1 aliphatic carbocycles. The Labute approximate surface area is 85.4 Å². The van der Waals surface area contributed by atoms with Crippen molar-refractivity contribution in [2.75, 3.05) is 12.3 Å². The second-order valence-corrected chi connectivity index (χ2v) is 5.74. The molecular formula is C9H16N2O2S. The van der Waals surface area contributed by atoms with Gasteiger partial charge in [-0.25, -0.2) is 13.1 Å². The van der Waals surface area contributed by atoms with Crippen LogP contribution in [0.4, 0.5) is 0 Å².